The third-order valence-electron chi connectivity index (χ3n) is 2.48. The largest absolute Gasteiger partial charge is 0.306 e. The monoisotopic (exact) mass is 152 g/mol. The molecule has 1 fully saturated rings. The Bertz CT molecular complexity index is 171. The lowest BCUT2D eigenvalue weighted by molar-refractivity contribution is 0.130. The summed E-state index contributed by atoms with van der Waals surface area (Å²) in [6.45, 7) is 4.49. The number of piperidine rings is 1. The van der Waals surface area contributed by atoms with E-state index in [1.54, 1.807) is 0 Å². The van der Waals surface area contributed by atoms with Gasteiger partial charge in [0, 0.05) is 13.0 Å². The summed E-state index contributed by atoms with van der Waals surface area (Å²) in [5.41, 5.74) is 0.266. The number of nitrogens with zero attached hydrogens (tertiary/aromatic N) is 2. The highest BCUT2D eigenvalue weighted by atomic mass is 15.1. The second kappa shape index (κ2) is 3.23. The summed E-state index contributed by atoms with van der Waals surface area (Å²) in [6, 6.07) is 2.27. The van der Waals surface area contributed by atoms with Crippen molar-refractivity contribution in [2.24, 2.45) is 5.41 Å². The number of hydrogen-bond acceptors (Lipinski definition) is 2. The van der Waals surface area contributed by atoms with Crippen molar-refractivity contribution in [1.82, 2.24) is 4.90 Å². The van der Waals surface area contributed by atoms with Crippen LogP contribution in [-0.4, -0.2) is 25.0 Å². The molecule has 1 atom stereocenters. The molecule has 0 aromatic rings. The average molecular weight is 152 g/mol. The van der Waals surface area contributed by atoms with Gasteiger partial charge in [0.05, 0.1) is 6.07 Å². The predicted octanol–water partition coefficient (Wildman–Crippen LogP) is 1.63. The van der Waals surface area contributed by atoms with Crippen molar-refractivity contribution in [2.75, 3.05) is 20.1 Å². The van der Waals surface area contributed by atoms with E-state index in [4.69, 9.17) is 5.26 Å². The third kappa shape index (κ3) is 2.20. The predicted molar refractivity (Wildman–Crippen MR) is 45.1 cm³/mol. The van der Waals surface area contributed by atoms with E-state index in [0.717, 1.165) is 6.54 Å². The lowest BCUT2D eigenvalue weighted by Crippen LogP contribution is -2.38. The van der Waals surface area contributed by atoms with Gasteiger partial charge in [-0.1, -0.05) is 6.92 Å². The first kappa shape index (κ1) is 8.55. The van der Waals surface area contributed by atoms with E-state index in [2.05, 4.69) is 24.9 Å². The Morgan fingerprint density at radius 1 is 1.64 bits per heavy atom. The van der Waals surface area contributed by atoms with Gasteiger partial charge in [-0.3, -0.25) is 0 Å². The normalized spacial score (nSPS) is 33.2. The minimum Gasteiger partial charge on any atom is -0.306 e. The average Bonchev–Trinajstić information content (AvgIpc) is 1.86. The van der Waals surface area contributed by atoms with E-state index in [-0.39, 0.29) is 5.41 Å². The molecule has 2 heteroatoms. The van der Waals surface area contributed by atoms with E-state index in [0.29, 0.717) is 6.42 Å². The highest BCUT2D eigenvalue weighted by Gasteiger charge is 2.28. The van der Waals surface area contributed by atoms with Crippen LogP contribution in [0.15, 0.2) is 0 Å². The summed E-state index contributed by atoms with van der Waals surface area (Å²) in [7, 11) is 2.13. The zero-order valence-corrected chi connectivity index (χ0v) is 7.43. The van der Waals surface area contributed by atoms with Crippen LogP contribution in [0.2, 0.25) is 0 Å². The first-order valence-electron chi connectivity index (χ1n) is 4.22. The molecular formula is C9H16N2. The van der Waals surface area contributed by atoms with Crippen LogP contribution >= 0.6 is 0 Å². The van der Waals surface area contributed by atoms with E-state index >= 15 is 0 Å². The molecule has 62 valence electrons. The fraction of sp³-hybridized carbons (Fsp3) is 0.889. The maximum absolute atomic E-state index is 8.60. The van der Waals surface area contributed by atoms with Gasteiger partial charge in [0.15, 0.2) is 0 Å². The fourth-order valence-corrected chi connectivity index (χ4v) is 1.92. The van der Waals surface area contributed by atoms with Gasteiger partial charge in [-0.25, -0.2) is 0 Å². The minimum atomic E-state index is 0.266. The van der Waals surface area contributed by atoms with Crippen LogP contribution in [0.3, 0.4) is 0 Å². The molecule has 0 aliphatic carbocycles. The maximum atomic E-state index is 8.60. The molecule has 0 N–H and O–H groups in total. The maximum Gasteiger partial charge on any atom is 0.0627 e. The van der Waals surface area contributed by atoms with Gasteiger partial charge in [0.1, 0.15) is 0 Å². The zero-order valence-electron chi connectivity index (χ0n) is 7.43. The fourth-order valence-electron chi connectivity index (χ4n) is 1.92. The van der Waals surface area contributed by atoms with E-state index in [1.807, 2.05) is 0 Å². The lowest BCUT2D eigenvalue weighted by Gasteiger charge is -2.37. The Balaban J connectivity index is 2.50. The Hall–Kier alpha value is -0.550. The molecule has 2 nitrogen and oxygen atoms in total. The molecule has 11 heavy (non-hydrogen) atoms. The van der Waals surface area contributed by atoms with Crippen LogP contribution in [0.25, 0.3) is 0 Å². The molecule has 1 heterocycles. The summed E-state index contributed by atoms with van der Waals surface area (Å²) >= 11 is 0. The van der Waals surface area contributed by atoms with Gasteiger partial charge >= 0.3 is 0 Å². The van der Waals surface area contributed by atoms with E-state index in [1.165, 1.54) is 19.4 Å². The second-order valence-corrected chi connectivity index (χ2v) is 3.99. The topological polar surface area (TPSA) is 27.0 Å². The summed E-state index contributed by atoms with van der Waals surface area (Å²) in [5.74, 6) is 0. The Morgan fingerprint density at radius 3 is 2.91 bits per heavy atom. The molecule has 0 spiro atoms. The quantitative estimate of drug-likeness (QED) is 0.571. The van der Waals surface area contributed by atoms with Crippen molar-refractivity contribution >= 4 is 0 Å². The van der Waals surface area contributed by atoms with Crippen LogP contribution in [0.1, 0.15) is 26.2 Å². The van der Waals surface area contributed by atoms with Crippen molar-refractivity contribution < 1.29 is 0 Å². The molecule has 1 aliphatic heterocycles. The summed E-state index contributed by atoms with van der Waals surface area (Å²) in [4.78, 5) is 2.32. The summed E-state index contributed by atoms with van der Waals surface area (Å²) < 4.78 is 0. The minimum absolute atomic E-state index is 0.266. The highest BCUT2D eigenvalue weighted by molar-refractivity contribution is 4.89. The van der Waals surface area contributed by atoms with Crippen LogP contribution in [0.4, 0.5) is 0 Å². The SMILES string of the molecule is CN1CCC[C@](C)(CC#N)C1. The molecule has 1 saturated heterocycles. The smallest absolute Gasteiger partial charge is 0.0627 e. The molecule has 0 saturated carbocycles. The number of nitriles is 1. The number of likely N-dealkylation sites (tertiary alicyclic amines) is 1. The molecule has 1 aliphatic rings. The highest BCUT2D eigenvalue weighted by Crippen LogP contribution is 2.31. The van der Waals surface area contributed by atoms with Crippen LogP contribution in [0.5, 0.6) is 0 Å². The van der Waals surface area contributed by atoms with E-state index in [9.17, 15) is 0 Å². The van der Waals surface area contributed by atoms with Crippen LogP contribution in [0, 0.1) is 16.7 Å². The van der Waals surface area contributed by atoms with Crippen molar-refractivity contribution in [3.05, 3.63) is 0 Å². The van der Waals surface area contributed by atoms with Crippen LogP contribution in [-0.2, 0) is 0 Å². The van der Waals surface area contributed by atoms with E-state index < -0.39 is 0 Å². The van der Waals surface area contributed by atoms with Crippen molar-refractivity contribution in [1.29, 1.82) is 5.26 Å². The molecule has 0 bridgehead atoms. The zero-order chi connectivity index (χ0) is 8.32. The lowest BCUT2D eigenvalue weighted by atomic mass is 9.80. The number of hydrogen-bond donors (Lipinski definition) is 0. The standard InChI is InChI=1S/C9H16N2/c1-9(5-6-10)4-3-7-11(2)8-9/h3-5,7-8H2,1-2H3/t9-/m1/s1. The summed E-state index contributed by atoms with van der Waals surface area (Å²) in [5, 5.41) is 8.60. The second-order valence-electron chi connectivity index (χ2n) is 3.99. The first-order chi connectivity index (χ1) is 5.16. The van der Waals surface area contributed by atoms with Gasteiger partial charge in [0.25, 0.3) is 0 Å². The van der Waals surface area contributed by atoms with Gasteiger partial charge in [-0.15, -0.1) is 0 Å². The Kier molecular flexibility index (Phi) is 2.51. The molecule has 0 aromatic carbocycles. The molecule has 1 rings (SSSR count). The first-order valence-corrected chi connectivity index (χ1v) is 4.22. The van der Waals surface area contributed by atoms with Crippen LogP contribution < -0.4 is 0 Å². The van der Waals surface area contributed by atoms with Gasteiger partial charge < -0.3 is 4.90 Å². The van der Waals surface area contributed by atoms with Crippen molar-refractivity contribution in [3.63, 3.8) is 0 Å². The van der Waals surface area contributed by atoms with Crippen molar-refractivity contribution in [2.45, 2.75) is 26.2 Å². The molecular weight excluding hydrogens is 136 g/mol. The van der Waals surface area contributed by atoms with Crippen molar-refractivity contribution in [3.8, 4) is 6.07 Å². The summed E-state index contributed by atoms with van der Waals surface area (Å²) in [6.07, 6.45) is 3.16. The molecule has 0 amide bonds. The Morgan fingerprint density at radius 2 is 2.36 bits per heavy atom. The molecule has 0 aromatic heterocycles. The Labute approximate surface area is 68.8 Å². The van der Waals surface area contributed by atoms with Gasteiger partial charge in [-0.2, -0.15) is 5.26 Å². The molecule has 0 unspecified atom stereocenters. The third-order valence-corrected chi connectivity index (χ3v) is 2.48. The van der Waals surface area contributed by atoms with Gasteiger partial charge in [-0.05, 0) is 31.8 Å². The number of rotatable bonds is 1. The molecule has 0 radical (unpaired) electrons. The van der Waals surface area contributed by atoms with Gasteiger partial charge in [0.2, 0.25) is 0 Å².